The fourth-order valence-electron chi connectivity index (χ4n) is 3.16. The van der Waals surface area contributed by atoms with Gasteiger partial charge in [0.25, 0.3) is 0 Å². The molecule has 2 aromatic carbocycles. The van der Waals surface area contributed by atoms with E-state index in [-0.39, 0.29) is 12.5 Å². The number of nitrogens with zero attached hydrogens (tertiary/aromatic N) is 2. The van der Waals surface area contributed by atoms with Gasteiger partial charge in [-0.15, -0.1) is 0 Å². The number of hydrogen-bond acceptors (Lipinski definition) is 5. The Morgan fingerprint density at radius 1 is 1.15 bits per heavy atom. The molecule has 27 heavy (non-hydrogen) atoms. The lowest BCUT2D eigenvalue weighted by molar-refractivity contribution is -0.117. The minimum absolute atomic E-state index is 0.175. The molecule has 0 saturated carbocycles. The predicted molar refractivity (Wildman–Crippen MR) is 101 cm³/mol. The number of aromatic nitrogens is 1. The summed E-state index contributed by atoms with van der Waals surface area (Å²) in [5.41, 5.74) is 2.48. The van der Waals surface area contributed by atoms with Crippen molar-refractivity contribution in [2.45, 2.75) is 19.4 Å². The van der Waals surface area contributed by atoms with E-state index in [1.54, 1.807) is 12.0 Å². The maximum atomic E-state index is 11.8. The van der Waals surface area contributed by atoms with Gasteiger partial charge in [-0.3, -0.25) is 4.79 Å². The summed E-state index contributed by atoms with van der Waals surface area (Å²) in [5, 5.41) is 4.10. The van der Waals surface area contributed by atoms with Crippen LogP contribution in [0.4, 0.5) is 5.69 Å². The molecule has 0 radical (unpaired) electrons. The van der Waals surface area contributed by atoms with Gasteiger partial charge in [0.2, 0.25) is 5.91 Å². The van der Waals surface area contributed by atoms with Gasteiger partial charge >= 0.3 is 0 Å². The molecule has 0 bridgehead atoms. The monoisotopic (exact) mass is 364 g/mol. The summed E-state index contributed by atoms with van der Waals surface area (Å²) in [5.74, 6) is 2.25. The third-order valence-corrected chi connectivity index (χ3v) is 4.54. The van der Waals surface area contributed by atoms with E-state index in [9.17, 15) is 4.79 Å². The maximum Gasteiger partial charge on any atom is 0.227 e. The third-order valence-electron chi connectivity index (χ3n) is 4.54. The van der Waals surface area contributed by atoms with Crippen LogP contribution >= 0.6 is 0 Å². The van der Waals surface area contributed by atoms with Gasteiger partial charge in [0.15, 0.2) is 5.76 Å². The van der Waals surface area contributed by atoms with E-state index < -0.39 is 0 Å². The van der Waals surface area contributed by atoms with Crippen LogP contribution in [-0.2, 0) is 11.4 Å². The topological polar surface area (TPSA) is 64.8 Å². The predicted octanol–water partition coefficient (Wildman–Crippen LogP) is 4.06. The second kappa shape index (κ2) is 7.53. The van der Waals surface area contributed by atoms with Crippen LogP contribution in [0.1, 0.15) is 18.6 Å². The molecule has 1 aromatic heterocycles. The van der Waals surface area contributed by atoms with Crippen LogP contribution in [0.15, 0.2) is 59.1 Å². The highest BCUT2D eigenvalue weighted by atomic mass is 16.5. The van der Waals surface area contributed by atoms with Gasteiger partial charge in [0.1, 0.15) is 23.8 Å². The molecular formula is C21H20N2O4. The smallest absolute Gasteiger partial charge is 0.227 e. The van der Waals surface area contributed by atoms with Gasteiger partial charge in [-0.25, -0.2) is 0 Å². The fraction of sp³-hybridized carbons (Fsp3) is 0.238. The highest BCUT2D eigenvalue weighted by Gasteiger charge is 2.21. The summed E-state index contributed by atoms with van der Waals surface area (Å²) in [6, 6.07) is 17.0. The Morgan fingerprint density at radius 3 is 2.70 bits per heavy atom. The van der Waals surface area contributed by atoms with Crippen LogP contribution in [0.2, 0.25) is 0 Å². The van der Waals surface area contributed by atoms with Crippen LogP contribution < -0.4 is 14.4 Å². The molecule has 0 atom stereocenters. The van der Waals surface area contributed by atoms with Crippen molar-refractivity contribution in [3.63, 3.8) is 0 Å². The SMILES string of the molecule is COc1ccccc1-c1cc(COc2ccc(N3CCCC3=O)cc2)on1. The fourth-order valence-corrected chi connectivity index (χ4v) is 3.16. The molecule has 1 amide bonds. The number of benzene rings is 2. The summed E-state index contributed by atoms with van der Waals surface area (Å²) in [7, 11) is 1.63. The van der Waals surface area contributed by atoms with E-state index in [1.807, 2.05) is 54.6 Å². The molecule has 6 nitrogen and oxygen atoms in total. The standard InChI is InChI=1S/C21H20N2O4/c1-25-20-6-3-2-5-18(20)19-13-17(27-22-19)14-26-16-10-8-15(9-11-16)23-12-4-7-21(23)24/h2-3,5-6,8-11,13H,4,7,12,14H2,1H3. The normalized spacial score (nSPS) is 13.8. The number of amides is 1. The first-order valence-corrected chi connectivity index (χ1v) is 8.87. The number of rotatable bonds is 6. The Kier molecular flexibility index (Phi) is 4.78. The Labute approximate surface area is 157 Å². The maximum absolute atomic E-state index is 11.8. The second-order valence-corrected chi connectivity index (χ2v) is 6.31. The number of carbonyl (C=O) groups excluding carboxylic acids is 1. The number of methoxy groups -OCH3 is 1. The molecule has 6 heteroatoms. The molecule has 0 unspecified atom stereocenters. The molecule has 4 rings (SSSR count). The average molecular weight is 364 g/mol. The first kappa shape index (κ1) is 17.1. The highest BCUT2D eigenvalue weighted by molar-refractivity contribution is 5.95. The van der Waals surface area contributed by atoms with Gasteiger partial charge < -0.3 is 18.9 Å². The van der Waals surface area contributed by atoms with Gasteiger partial charge in [0, 0.05) is 30.3 Å². The molecule has 0 aliphatic carbocycles. The number of carbonyl (C=O) groups is 1. The summed E-state index contributed by atoms with van der Waals surface area (Å²) in [4.78, 5) is 13.6. The van der Waals surface area contributed by atoms with Crippen molar-refractivity contribution in [2.75, 3.05) is 18.6 Å². The molecule has 2 heterocycles. The largest absolute Gasteiger partial charge is 0.496 e. The van der Waals surface area contributed by atoms with E-state index in [1.165, 1.54) is 0 Å². The van der Waals surface area contributed by atoms with E-state index in [4.69, 9.17) is 14.0 Å². The molecule has 3 aromatic rings. The molecule has 138 valence electrons. The summed E-state index contributed by atoms with van der Waals surface area (Å²) in [6.07, 6.45) is 1.54. The van der Waals surface area contributed by atoms with Crippen molar-refractivity contribution >= 4 is 11.6 Å². The zero-order valence-electron chi connectivity index (χ0n) is 15.1. The zero-order chi connectivity index (χ0) is 18.6. The minimum Gasteiger partial charge on any atom is -0.496 e. The van der Waals surface area contributed by atoms with Gasteiger partial charge in [-0.1, -0.05) is 17.3 Å². The zero-order valence-corrected chi connectivity index (χ0v) is 15.1. The minimum atomic E-state index is 0.175. The number of anilines is 1. The highest BCUT2D eigenvalue weighted by Crippen LogP contribution is 2.29. The number of ether oxygens (including phenoxy) is 2. The first-order valence-electron chi connectivity index (χ1n) is 8.87. The van der Waals surface area contributed by atoms with Crippen LogP contribution in [0.25, 0.3) is 11.3 Å². The summed E-state index contributed by atoms with van der Waals surface area (Å²) >= 11 is 0. The van der Waals surface area contributed by atoms with Crippen LogP contribution in [0, 0.1) is 0 Å². The van der Waals surface area contributed by atoms with Crippen LogP contribution in [0.5, 0.6) is 11.5 Å². The Morgan fingerprint density at radius 2 is 1.96 bits per heavy atom. The van der Waals surface area contributed by atoms with Crippen molar-refractivity contribution < 1.29 is 18.8 Å². The number of hydrogen-bond donors (Lipinski definition) is 0. The molecule has 1 aliphatic heterocycles. The summed E-state index contributed by atoms with van der Waals surface area (Å²) in [6.45, 7) is 1.05. The van der Waals surface area contributed by atoms with E-state index in [0.717, 1.165) is 30.0 Å². The Balaban J connectivity index is 1.41. The van der Waals surface area contributed by atoms with Crippen molar-refractivity contribution in [1.82, 2.24) is 5.16 Å². The van der Waals surface area contributed by atoms with Crippen LogP contribution in [-0.4, -0.2) is 24.7 Å². The molecule has 0 N–H and O–H groups in total. The quantitative estimate of drug-likeness (QED) is 0.660. The lowest BCUT2D eigenvalue weighted by Gasteiger charge is -2.15. The molecule has 1 saturated heterocycles. The van der Waals surface area contributed by atoms with Crippen molar-refractivity contribution in [3.05, 3.63) is 60.4 Å². The third kappa shape index (κ3) is 3.65. The van der Waals surface area contributed by atoms with Crippen LogP contribution in [0.3, 0.4) is 0 Å². The van der Waals surface area contributed by atoms with Crippen molar-refractivity contribution in [2.24, 2.45) is 0 Å². The number of para-hydroxylation sites is 1. The molecule has 0 spiro atoms. The molecular weight excluding hydrogens is 344 g/mol. The van der Waals surface area contributed by atoms with Gasteiger partial charge in [0.05, 0.1) is 7.11 Å². The van der Waals surface area contributed by atoms with E-state index in [2.05, 4.69) is 5.16 Å². The lowest BCUT2D eigenvalue weighted by Crippen LogP contribution is -2.23. The molecule has 1 fully saturated rings. The van der Waals surface area contributed by atoms with Crippen molar-refractivity contribution in [1.29, 1.82) is 0 Å². The van der Waals surface area contributed by atoms with Gasteiger partial charge in [-0.05, 0) is 42.8 Å². The van der Waals surface area contributed by atoms with Gasteiger partial charge in [-0.2, -0.15) is 0 Å². The lowest BCUT2D eigenvalue weighted by atomic mass is 10.1. The van der Waals surface area contributed by atoms with Crippen molar-refractivity contribution in [3.8, 4) is 22.8 Å². The Bertz CT molecular complexity index is 933. The average Bonchev–Trinajstić information content (AvgIpc) is 3.36. The van der Waals surface area contributed by atoms with E-state index >= 15 is 0 Å². The second-order valence-electron chi connectivity index (χ2n) is 6.31. The van der Waals surface area contributed by atoms with E-state index in [0.29, 0.717) is 23.6 Å². The Hall–Kier alpha value is -3.28. The molecule has 1 aliphatic rings. The first-order chi connectivity index (χ1) is 13.2. The summed E-state index contributed by atoms with van der Waals surface area (Å²) < 4.78 is 16.5.